The summed E-state index contributed by atoms with van der Waals surface area (Å²) < 4.78 is 4.85. The Morgan fingerprint density at radius 3 is 2.13 bits per heavy atom. The maximum absolute atomic E-state index is 12.2. The van der Waals surface area contributed by atoms with E-state index < -0.39 is 11.9 Å². The SMILES string of the molecule is CCN(CC)C(=O)c1ccc(NC(=O)COC(=O)C(C)C)cc1. The summed E-state index contributed by atoms with van der Waals surface area (Å²) in [4.78, 5) is 36.9. The third kappa shape index (κ3) is 5.73. The van der Waals surface area contributed by atoms with Crippen LogP contribution in [0.2, 0.25) is 0 Å². The number of amides is 2. The van der Waals surface area contributed by atoms with Gasteiger partial charge in [0.05, 0.1) is 5.92 Å². The van der Waals surface area contributed by atoms with Crippen LogP contribution in [0.1, 0.15) is 38.1 Å². The fourth-order valence-electron chi connectivity index (χ4n) is 1.89. The minimum Gasteiger partial charge on any atom is -0.455 e. The van der Waals surface area contributed by atoms with E-state index in [2.05, 4.69) is 5.32 Å². The van der Waals surface area contributed by atoms with Gasteiger partial charge >= 0.3 is 5.97 Å². The number of carbonyl (C=O) groups is 3. The lowest BCUT2D eigenvalue weighted by Crippen LogP contribution is -2.30. The van der Waals surface area contributed by atoms with E-state index in [1.54, 1.807) is 43.0 Å². The van der Waals surface area contributed by atoms with E-state index in [9.17, 15) is 14.4 Å². The lowest BCUT2D eigenvalue weighted by Gasteiger charge is -2.18. The van der Waals surface area contributed by atoms with Gasteiger partial charge in [0.2, 0.25) is 0 Å². The summed E-state index contributed by atoms with van der Waals surface area (Å²) in [6.07, 6.45) is 0. The normalized spacial score (nSPS) is 10.3. The van der Waals surface area contributed by atoms with Crippen molar-refractivity contribution in [2.24, 2.45) is 5.92 Å². The Labute approximate surface area is 136 Å². The Bertz CT molecular complexity index is 548. The topological polar surface area (TPSA) is 75.7 Å². The van der Waals surface area contributed by atoms with Crippen LogP contribution in [-0.2, 0) is 14.3 Å². The third-order valence-corrected chi connectivity index (χ3v) is 3.28. The number of rotatable bonds is 7. The molecular formula is C17H24N2O4. The summed E-state index contributed by atoms with van der Waals surface area (Å²) in [7, 11) is 0. The van der Waals surface area contributed by atoms with E-state index in [1.165, 1.54) is 0 Å². The minimum atomic E-state index is -0.416. The van der Waals surface area contributed by atoms with E-state index in [-0.39, 0.29) is 18.4 Å². The molecule has 6 nitrogen and oxygen atoms in total. The van der Waals surface area contributed by atoms with Gasteiger partial charge in [-0.25, -0.2) is 0 Å². The summed E-state index contributed by atoms with van der Waals surface area (Å²) in [5, 5.41) is 2.62. The average molecular weight is 320 g/mol. The molecular weight excluding hydrogens is 296 g/mol. The fraction of sp³-hybridized carbons (Fsp3) is 0.471. The van der Waals surface area contributed by atoms with Crippen LogP contribution >= 0.6 is 0 Å². The average Bonchev–Trinajstić information content (AvgIpc) is 2.54. The van der Waals surface area contributed by atoms with Gasteiger partial charge < -0.3 is 15.0 Å². The van der Waals surface area contributed by atoms with Gasteiger partial charge in [-0.15, -0.1) is 0 Å². The summed E-state index contributed by atoms with van der Waals surface area (Å²) in [5.41, 5.74) is 1.12. The molecule has 0 heterocycles. The molecule has 1 aromatic rings. The number of anilines is 1. The molecule has 1 rings (SSSR count). The summed E-state index contributed by atoms with van der Waals surface area (Å²) >= 11 is 0. The van der Waals surface area contributed by atoms with Crippen LogP contribution in [0.4, 0.5) is 5.69 Å². The van der Waals surface area contributed by atoms with Crippen LogP contribution in [0.15, 0.2) is 24.3 Å². The quantitative estimate of drug-likeness (QED) is 0.782. The molecule has 1 N–H and O–H groups in total. The Morgan fingerprint density at radius 2 is 1.65 bits per heavy atom. The van der Waals surface area contributed by atoms with Gasteiger partial charge in [0, 0.05) is 24.3 Å². The van der Waals surface area contributed by atoms with Crippen molar-refractivity contribution >= 4 is 23.5 Å². The first kappa shape index (κ1) is 18.7. The molecule has 0 aliphatic rings. The second kappa shape index (κ2) is 8.92. The van der Waals surface area contributed by atoms with Crippen molar-refractivity contribution in [3.8, 4) is 0 Å². The van der Waals surface area contributed by atoms with Crippen molar-refractivity contribution in [3.05, 3.63) is 29.8 Å². The zero-order valence-electron chi connectivity index (χ0n) is 14.1. The second-order valence-electron chi connectivity index (χ2n) is 5.37. The molecule has 0 saturated heterocycles. The zero-order valence-corrected chi connectivity index (χ0v) is 14.1. The summed E-state index contributed by atoms with van der Waals surface area (Å²) in [6.45, 7) is 8.22. The number of carbonyl (C=O) groups excluding carboxylic acids is 3. The Balaban J connectivity index is 2.58. The lowest BCUT2D eigenvalue weighted by atomic mass is 10.2. The van der Waals surface area contributed by atoms with E-state index in [0.717, 1.165) is 0 Å². The van der Waals surface area contributed by atoms with Crippen LogP contribution < -0.4 is 5.32 Å². The molecule has 0 spiro atoms. The Morgan fingerprint density at radius 1 is 1.09 bits per heavy atom. The second-order valence-corrected chi connectivity index (χ2v) is 5.37. The van der Waals surface area contributed by atoms with Crippen LogP contribution in [-0.4, -0.2) is 42.4 Å². The summed E-state index contributed by atoms with van der Waals surface area (Å²) in [5.74, 6) is -1.14. The van der Waals surface area contributed by atoms with Crippen molar-refractivity contribution < 1.29 is 19.1 Å². The lowest BCUT2D eigenvalue weighted by molar-refractivity contribution is -0.150. The van der Waals surface area contributed by atoms with Gasteiger partial charge in [0.1, 0.15) is 0 Å². The molecule has 0 atom stereocenters. The fourth-order valence-corrected chi connectivity index (χ4v) is 1.89. The predicted octanol–water partition coefficient (Wildman–Crippen LogP) is 2.31. The van der Waals surface area contributed by atoms with Crippen molar-refractivity contribution in [1.82, 2.24) is 4.90 Å². The monoisotopic (exact) mass is 320 g/mol. The Hall–Kier alpha value is -2.37. The van der Waals surface area contributed by atoms with Crippen LogP contribution in [0.5, 0.6) is 0 Å². The van der Waals surface area contributed by atoms with Gasteiger partial charge in [-0.1, -0.05) is 13.8 Å². The highest BCUT2D eigenvalue weighted by Gasteiger charge is 2.13. The molecule has 0 fully saturated rings. The van der Waals surface area contributed by atoms with Crippen molar-refractivity contribution in [2.75, 3.05) is 25.0 Å². The molecule has 0 saturated carbocycles. The first-order valence-corrected chi connectivity index (χ1v) is 7.74. The van der Waals surface area contributed by atoms with E-state index in [1.807, 2.05) is 13.8 Å². The van der Waals surface area contributed by atoms with Gasteiger partial charge in [-0.2, -0.15) is 0 Å². The molecule has 23 heavy (non-hydrogen) atoms. The molecule has 0 radical (unpaired) electrons. The molecule has 0 aliphatic carbocycles. The molecule has 1 aromatic carbocycles. The van der Waals surface area contributed by atoms with Crippen molar-refractivity contribution in [3.63, 3.8) is 0 Å². The smallest absolute Gasteiger partial charge is 0.308 e. The van der Waals surface area contributed by atoms with Crippen molar-refractivity contribution in [2.45, 2.75) is 27.7 Å². The standard InChI is InChI=1S/C17H24N2O4/c1-5-19(6-2)16(21)13-7-9-14(10-8-13)18-15(20)11-23-17(22)12(3)4/h7-10,12H,5-6,11H2,1-4H3,(H,18,20). The number of hydrogen-bond acceptors (Lipinski definition) is 4. The number of nitrogens with one attached hydrogen (secondary N) is 1. The number of benzene rings is 1. The number of nitrogens with zero attached hydrogens (tertiary/aromatic N) is 1. The van der Waals surface area contributed by atoms with Gasteiger partial charge in [-0.05, 0) is 38.1 Å². The highest BCUT2D eigenvalue weighted by Crippen LogP contribution is 2.12. The first-order chi connectivity index (χ1) is 10.9. The summed E-state index contributed by atoms with van der Waals surface area (Å²) in [6, 6.07) is 6.63. The van der Waals surface area contributed by atoms with Crippen LogP contribution in [0, 0.1) is 5.92 Å². The molecule has 6 heteroatoms. The largest absolute Gasteiger partial charge is 0.455 e. The molecule has 0 bridgehead atoms. The van der Waals surface area contributed by atoms with Crippen LogP contribution in [0.3, 0.4) is 0 Å². The van der Waals surface area contributed by atoms with E-state index in [0.29, 0.717) is 24.3 Å². The number of esters is 1. The molecule has 0 unspecified atom stereocenters. The molecule has 0 aromatic heterocycles. The van der Waals surface area contributed by atoms with E-state index in [4.69, 9.17) is 4.74 Å². The predicted molar refractivity (Wildman–Crippen MR) is 88.1 cm³/mol. The molecule has 0 aliphatic heterocycles. The maximum Gasteiger partial charge on any atom is 0.308 e. The highest BCUT2D eigenvalue weighted by molar-refractivity contribution is 5.96. The zero-order chi connectivity index (χ0) is 17.4. The third-order valence-electron chi connectivity index (χ3n) is 3.28. The van der Waals surface area contributed by atoms with Gasteiger partial charge in [0.15, 0.2) is 6.61 Å². The van der Waals surface area contributed by atoms with Crippen molar-refractivity contribution in [1.29, 1.82) is 0 Å². The first-order valence-electron chi connectivity index (χ1n) is 7.74. The van der Waals surface area contributed by atoms with Gasteiger partial charge in [-0.3, -0.25) is 14.4 Å². The van der Waals surface area contributed by atoms with E-state index >= 15 is 0 Å². The highest BCUT2D eigenvalue weighted by atomic mass is 16.5. The number of hydrogen-bond donors (Lipinski definition) is 1. The maximum atomic E-state index is 12.2. The minimum absolute atomic E-state index is 0.0428. The van der Waals surface area contributed by atoms with Crippen LogP contribution in [0.25, 0.3) is 0 Å². The molecule has 2 amide bonds. The molecule has 126 valence electrons. The van der Waals surface area contributed by atoms with Gasteiger partial charge in [0.25, 0.3) is 11.8 Å². The number of ether oxygens (including phenoxy) is 1. The Kier molecular flexibility index (Phi) is 7.25.